The van der Waals surface area contributed by atoms with Crippen LogP contribution in [0.15, 0.2) is 46.6 Å². The van der Waals surface area contributed by atoms with Crippen molar-refractivity contribution >= 4 is 11.5 Å². The number of allylic oxidation sites excluding steroid dienone is 1. The number of nitriles is 1. The summed E-state index contributed by atoms with van der Waals surface area (Å²) in [4.78, 5) is 21.2. The highest BCUT2D eigenvalue weighted by Crippen LogP contribution is 2.45. The molecule has 0 bridgehead atoms. The molecule has 3 aliphatic rings. The molecule has 7 heteroatoms. The average molecular weight is 394 g/mol. The third-order valence-electron chi connectivity index (χ3n) is 5.93. The van der Waals surface area contributed by atoms with Crippen molar-refractivity contribution in [1.29, 1.82) is 5.26 Å². The number of morpholine rings is 1. The number of hydrogen-bond donors (Lipinski definition) is 1. The lowest BCUT2D eigenvalue weighted by Crippen LogP contribution is -2.65. The minimum atomic E-state index is -1.38. The Morgan fingerprint density at radius 1 is 1.31 bits per heavy atom. The molecule has 29 heavy (non-hydrogen) atoms. The van der Waals surface area contributed by atoms with Crippen LogP contribution in [0.1, 0.15) is 36.5 Å². The highest BCUT2D eigenvalue weighted by molar-refractivity contribution is 6.09. The summed E-state index contributed by atoms with van der Waals surface area (Å²) in [5, 5.41) is 21.7. The molecule has 2 unspecified atom stereocenters. The number of aliphatic imine (C=N–C) groups is 1. The summed E-state index contributed by atoms with van der Waals surface area (Å²) in [6.07, 6.45) is 1.84. The van der Waals surface area contributed by atoms with Crippen LogP contribution in [0.25, 0.3) is 0 Å². The van der Waals surface area contributed by atoms with Gasteiger partial charge < -0.3 is 14.7 Å². The van der Waals surface area contributed by atoms with Gasteiger partial charge in [0.2, 0.25) is 5.85 Å². The fourth-order valence-electron chi connectivity index (χ4n) is 4.55. The van der Waals surface area contributed by atoms with Crippen molar-refractivity contribution < 1.29 is 14.6 Å². The van der Waals surface area contributed by atoms with Crippen molar-refractivity contribution in [3.05, 3.63) is 47.2 Å². The molecule has 1 aromatic carbocycles. The summed E-state index contributed by atoms with van der Waals surface area (Å²) in [6.45, 7) is 4.72. The summed E-state index contributed by atoms with van der Waals surface area (Å²) >= 11 is 0. The molecule has 2 fully saturated rings. The minimum Gasteiger partial charge on any atom is -0.379 e. The Morgan fingerprint density at radius 2 is 2.03 bits per heavy atom. The molecule has 152 valence electrons. The highest BCUT2D eigenvalue weighted by Gasteiger charge is 2.57. The molecule has 0 amide bonds. The van der Waals surface area contributed by atoms with E-state index in [0.29, 0.717) is 49.7 Å². The van der Waals surface area contributed by atoms with Crippen molar-refractivity contribution in [3.63, 3.8) is 0 Å². The molecule has 0 aromatic heterocycles. The summed E-state index contributed by atoms with van der Waals surface area (Å²) in [5.41, 5.74) is 2.65. The fourth-order valence-corrected chi connectivity index (χ4v) is 4.55. The zero-order valence-corrected chi connectivity index (χ0v) is 16.7. The Balaban J connectivity index is 1.65. The zero-order valence-electron chi connectivity index (χ0n) is 16.7. The number of aliphatic hydroxyl groups is 1. The Kier molecular flexibility index (Phi) is 5.50. The van der Waals surface area contributed by atoms with E-state index < -0.39 is 11.9 Å². The molecular formula is C22H26N4O3. The second-order valence-electron chi connectivity index (χ2n) is 7.75. The van der Waals surface area contributed by atoms with Gasteiger partial charge >= 0.3 is 0 Å². The van der Waals surface area contributed by atoms with E-state index in [0.717, 1.165) is 18.5 Å². The number of nitrogens with zero attached hydrogens (tertiary/aromatic N) is 4. The van der Waals surface area contributed by atoms with Crippen molar-refractivity contribution in [2.24, 2.45) is 4.99 Å². The topological polar surface area (TPSA) is 89.2 Å². The van der Waals surface area contributed by atoms with E-state index in [4.69, 9.17) is 9.73 Å². The standard InChI is InChI=1S/C22H26N4O3/c1-16(14-20(27)17-6-3-2-4-7-17)24-21-18(15-23)19-8-5-9-26(19)22(21,28)25-10-12-29-13-11-25/h2-4,6-7,21,28H,5,8-14H2,1H3. The number of benzene rings is 1. The molecule has 3 heterocycles. The average Bonchev–Trinajstić information content (AvgIpc) is 3.31. The van der Waals surface area contributed by atoms with Crippen LogP contribution in [0.5, 0.6) is 0 Å². The number of hydrogen-bond acceptors (Lipinski definition) is 7. The van der Waals surface area contributed by atoms with Crippen molar-refractivity contribution in [3.8, 4) is 6.07 Å². The molecule has 0 aliphatic carbocycles. The molecule has 2 saturated heterocycles. The van der Waals surface area contributed by atoms with Gasteiger partial charge in [-0.1, -0.05) is 30.3 Å². The van der Waals surface area contributed by atoms with Gasteiger partial charge in [-0.2, -0.15) is 5.26 Å². The summed E-state index contributed by atoms with van der Waals surface area (Å²) in [7, 11) is 0. The van der Waals surface area contributed by atoms with Gasteiger partial charge in [0.1, 0.15) is 6.04 Å². The van der Waals surface area contributed by atoms with E-state index in [1.54, 1.807) is 19.1 Å². The maximum atomic E-state index is 12.6. The van der Waals surface area contributed by atoms with Gasteiger partial charge in [0.25, 0.3) is 0 Å². The maximum Gasteiger partial charge on any atom is 0.226 e. The predicted octanol–water partition coefficient (Wildman–Crippen LogP) is 1.95. The largest absolute Gasteiger partial charge is 0.379 e. The SMILES string of the molecule is CC(CC(=O)c1ccccc1)=NC1C(C#N)=C2CCCN2C1(O)N1CCOCC1. The third kappa shape index (κ3) is 3.48. The molecule has 4 rings (SSSR count). The molecule has 3 aliphatic heterocycles. The number of ether oxygens (including phenoxy) is 1. The lowest BCUT2D eigenvalue weighted by atomic mass is 10.0. The van der Waals surface area contributed by atoms with Crippen LogP contribution < -0.4 is 0 Å². The fraction of sp³-hybridized carbons (Fsp3) is 0.500. The minimum absolute atomic E-state index is 0.0218. The lowest BCUT2D eigenvalue weighted by Gasteiger charge is -2.46. The van der Waals surface area contributed by atoms with Crippen LogP contribution in [0, 0.1) is 11.3 Å². The van der Waals surface area contributed by atoms with Gasteiger partial charge in [-0.15, -0.1) is 0 Å². The third-order valence-corrected chi connectivity index (χ3v) is 5.93. The lowest BCUT2D eigenvalue weighted by molar-refractivity contribution is -0.214. The molecule has 0 saturated carbocycles. The van der Waals surface area contributed by atoms with Crippen LogP contribution in [-0.2, 0) is 4.74 Å². The normalized spacial score (nSPS) is 27.8. The molecule has 1 N–H and O–H groups in total. The number of fused-ring (bicyclic) bond motifs is 1. The molecule has 0 radical (unpaired) electrons. The van der Waals surface area contributed by atoms with Gasteiger partial charge in [0.05, 0.1) is 24.9 Å². The van der Waals surface area contributed by atoms with E-state index in [-0.39, 0.29) is 12.2 Å². The summed E-state index contributed by atoms with van der Waals surface area (Å²) in [6, 6.07) is 10.7. The number of carbonyl (C=O) groups is 1. The van der Waals surface area contributed by atoms with Crippen molar-refractivity contribution in [1.82, 2.24) is 9.80 Å². The number of carbonyl (C=O) groups excluding carboxylic acids is 1. The first-order chi connectivity index (χ1) is 14.1. The molecular weight excluding hydrogens is 368 g/mol. The first kappa shape index (κ1) is 19.8. The first-order valence-corrected chi connectivity index (χ1v) is 10.1. The second kappa shape index (κ2) is 8.07. The molecule has 1 aromatic rings. The zero-order chi connectivity index (χ0) is 20.4. The second-order valence-corrected chi connectivity index (χ2v) is 7.75. The van der Waals surface area contributed by atoms with E-state index in [2.05, 4.69) is 6.07 Å². The van der Waals surface area contributed by atoms with Crippen LogP contribution >= 0.6 is 0 Å². The van der Waals surface area contributed by atoms with Crippen molar-refractivity contribution in [2.45, 2.75) is 38.1 Å². The van der Waals surface area contributed by atoms with Gasteiger partial charge in [-0.25, -0.2) is 0 Å². The van der Waals surface area contributed by atoms with Gasteiger partial charge in [0.15, 0.2) is 5.78 Å². The van der Waals surface area contributed by atoms with Gasteiger partial charge in [0, 0.05) is 43.0 Å². The summed E-state index contributed by atoms with van der Waals surface area (Å²) in [5.74, 6) is -1.40. The Hall–Kier alpha value is -2.53. The highest BCUT2D eigenvalue weighted by atomic mass is 16.5. The van der Waals surface area contributed by atoms with E-state index in [1.807, 2.05) is 28.0 Å². The van der Waals surface area contributed by atoms with E-state index in [9.17, 15) is 15.2 Å². The number of ketones is 1. The predicted molar refractivity (Wildman–Crippen MR) is 108 cm³/mol. The van der Waals surface area contributed by atoms with Crippen LogP contribution in [0.2, 0.25) is 0 Å². The summed E-state index contributed by atoms with van der Waals surface area (Å²) < 4.78 is 5.46. The van der Waals surface area contributed by atoms with Crippen LogP contribution in [0.3, 0.4) is 0 Å². The quantitative estimate of drug-likeness (QED) is 0.607. The van der Waals surface area contributed by atoms with Gasteiger partial charge in [-0.3, -0.25) is 14.7 Å². The first-order valence-electron chi connectivity index (χ1n) is 10.1. The number of Topliss-reactive ketones (excluding diaryl/α,β-unsaturated/α-hetero) is 1. The van der Waals surface area contributed by atoms with Crippen LogP contribution in [0.4, 0.5) is 0 Å². The van der Waals surface area contributed by atoms with E-state index in [1.165, 1.54) is 0 Å². The van der Waals surface area contributed by atoms with Crippen molar-refractivity contribution in [2.75, 3.05) is 32.8 Å². The Morgan fingerprint density at radius 3 is 2.72 bits per heavy atom. The maximum absolute atomic E-state index is 12.6. The Labute approximate surface area is 170 Å². The monoisotopic (exact) mass is 394 g/mol. The smallest absolute Gasteiger partial charge is 0.226 e. The molecule has 0 spiro atoms. The van der Waals surface area contributed by atoms with E-state index >= 15 is 0 Å². The van der Waals surface area contributed by atoms with Crippen LogP contribution in [-0.4, -0.2) is 71.1 Å². The van der Waals surface area contributed by atoms with Gasteiger partial charge in [-0.05, 0) is 19.8 Å². The Bertz CT molecular complexity index is 883. The number of rotatable bonds is 5. The molecule has 2 atom stereocenters. The molecule has 7 nitrogen and oxygen atoms in total.